The summed E-state index contributed by atoms with van der Waals surface area (Å²) in [6.07, 6.45) is 1.76. The van der Waals surface area contributed by atoms with E-state index in [2.05, 4.69) is 98.0 Å². The molecule has 0 unspecified atom stereocenters. The van der Waals surface area contributed by atoms with Crippen LogP contribution >= 0.6 is 0 Å². The second-order valence-electron chi connectivity index (χ2n) is 10.7. The van der Waals surface area contributed by atoms with Crippen molar-refractivity contribution in [2.24, 2.45) is 0 Å². The lowest BCUT2D eigenvalue weighted by atomic mass is 9.84. The van der Waals surface area contributed by atoms with E-state index < -0.39 is 0 Å². The van der Waals surface area contributed by atoms with Crippen molar-refractivity contribution in [3.8, 4) is 22.6 Å². The predicted octanol–water partition coefficient (Wildman–Crippen LogP) is 6.92. The summed E-state index contributed by atoms with van der Waals surface area (Å²) in [7, 11) is 1.99. The van der Waals surface area contributed by atoms with Crippen LogP contribution in [0, 0.1) is 0 Å². The fourth-order valence-corrected chi connectivity index (χ4v) is 4.88. The average Bonchev–Trinajstić information content (AvgIpc) is 3.48. The average molecular weight is 479 g/mol. The van der Waals surface area contributed by atoms with Crippen molar-refractivity contribution in [1.82, 2.24) is 19.7 Å². The maximum atomic E-state index is 4.94. The zero-order valence-corrected chi connectivity index (χ0v) is 22.0. The summed E-state index contributed by atoms with van der Waals surface area (Å²) in [6.45, 7) is 16.1. The van der Waals surface area contributed by atoms with Gasteiger partial charge >= 0.3 is 0 Å². The zero-order valence-electron chi connectivity index (χ0n) is 22.0. The van der Waals surface area contributed by atoms with E-state index in [0.29, 0.717) is 0 Å². The van der Waals surface area contributed by atoms with Crippen molar-refractivity contribution in [1.29, 1.82) is 0 Å². The van der Waals surface area contributed by atoms with E-state index >= 15 is 0 Å². The van der Waals surface area contributed by atoms with E-state index in [1.54, 1.807) is 6.33 Å². The highest BCUT2D eigenvalue weighted by atomic mass is 15.3. The number of nitrogens with zero attached hydrogens (tertiary/aromatic N) is 5. The molecule has 36 heavy (non-hydrogen) atoms. The Morgan fingerprint density at radius 2 is 1.75 bits per heavy atom. The van der Waals surface area contributed by atoms with E-state index in [4.69, 9.17) is 4.98 Å². The highest BCUT2D eigenvalue weighted by Crippen LogP contribution is 2.39. The Balaban J connectivity index is 1.46. The molecular formula is C30H34N6. The van der Waals surface area contributed by atoms with E-state index in [-0.39, 0.29) is 11.5 Å². The molecule has 1 aliphatic rings. The van der Waals surface area contributed by atoms with Crippen LogP contribution in [-0.2, 0) is 12.0 Å². The molecule has 0 fully saturated rings. The van der Waals surface area contributed by atoms with Crippen LogP contribution in [0.25, 0.3) is 28.3 Å². The molecule has 5 rings (SSSR count). The van der Waals surface area contributed by atoms with Gasteiger partial charge in [0.25, 0.3) is 0 Å². The summed E-state index contributed by atoms with van der Waals surface area (Å²) in [5.41, 5.74) is 9.10. The molecule has 6 nitrogen and oxygen atoms in total. The SMILES string of the molecule is C=C1c2cc(-c3ccc(C(C)(C)C)c(NC)c3)ccc2CN1c1cccc(-c2nncn2C(C)C)n1. The van der Waals surface area contributed by atoms with Gasteiger partial charge in [0.1, 0.15) is 17.8 Å². The molecule has 0 amide bonds. The van der Waals surface area contributed by atoms with Crippen molar-refractivity contribution < 1.29 is 0 Å². The van der Waals surface area contributed by atoms with Crippen LogP contribution < -0.4 is 10.2 Å². The number of benzene rings is 2. The number of hydrogen-bond donors (Lipinski definition) is 1. The lowest BCUT2D eigenvalue weighted by molar-refractivity contribution is 0.592. The highest BCUT2D eigenvalue weighted by Gasteiger charge is 2.26. The first-order valence-corrected chi connectivity index (χ1v) is 12.5. The van der Waals surface area contributed by atoms with Crippen molar-refractivity contribution in [3.05, 3.63) is 84.2 Å². The van der Waals surface area contributed by atoms with Crippen LogP contribution in [0.15, 0.2) is 67.5 Å². The van der Waals surface area contributed by atoms with Crippen molar-refractivity contribution in [2.45, 2.75) is 52.6 Å². The van der Waals surface area contributed by atoms with Gasteiger partial charge in [0.15, 0.2) is 5.82 Å². The van der Waals surface area contributed by atoms with Crippen LogP contribution in [-0.4, -0.2) is 26.8 Å². The number of fused-ring (bicyclic) bond motifs is 1. The smallest absolute Gasteiger partial charge is 0.182 e. The lowest BCUT2D eigenvalue weighted by Gasteiger charge is -2.23. The summed E-state index contributed by atoms with van der Waals surface area (Å²) in [6, 6.07) is 19.7. The van der Waals surface area contributed by atoms with Gasteiger partial charge in [-0.3, -0.25) is 0 Å². The van der Waals surface area contributed by atoms with E-state index in [0.717, 1.165) is 40.8 Å². The van der Waals surface area contributed by atoms with Gasteiger partial charge in [-0.25, -0.2) is 4.98 Å². The van der Waals surface area contributed by atoms with Gasteiger partial charge < -0.3 is 14.8 Å². The minimum absolute atomic E-state index is 0.0769. The standard InChI is InChI=1S/C30H34N6/c1-19(2)36-18-32-34-29(36)26-9-8-10-28(33-26)35-17-23-12-11-21(15-24(23)20(35)3)22-13-14-25(30(4,5)6)27(16-22)31-7/h8-16,18-19,31H,3,17H2,1-2,4-7H3. The molecule has 2 aromatic heterocycles. The topological polar surface area (TPSA) is 58.9 Å². The van der Waals surface area contributed by atoms with Gasteiger partial charge in [-0.05, 0) is 65.8 Å². The molecule has 2 aromatic carbocycles. The molecule has 0 spiro atoms. The van der Waals surface area contributed by atoms with Gasteiger partial charge in [-0.1, -0.05) is 57.7 Å². The van der Waals surface area contributed by atoms with Crippen LogP contribution in [0.2, 0.25) is 0 Å². The Labute approximate surface area is 213 Å². The van der Waals surface area contributed by atoms with Crippen molar-refractivity contribution >= 4 is 17.2 Å². The first kappa shape index (κ1) is 23.8. The Kier molecular flexibility index (Phi) is 5.91. The third-order valence-electron chi connectivity index (χ3n) is 6.87. The van der Waals surface area contributed by atoms with E-state index in [9.17, 15) is 0 Å². The second-order valence-corrected chi connectivity index (χ2v) is 10.7. The van der Waals surface area contributed by atoms with Crippen LogP contribution in [0.3, 0.4) is 0 Å². The second kappa shape index (κ2) is 8.94. The minimum atomic E-state index is 0.0769. The fraction of sp³-hybridized carbons (Fsp3) is 0.300. The number of hydrogen-bond acceptors (Lipinski definition) is 5. The Hall–Kier alpha value is -3.93. The maximum absolute atomic E-state index is 4.94. The summed E-state index contributed by atoms with van der Waals surface area (Å²) in [5.74, 6) is 1.64. The molecule has 0 atom stereocenters. The molecule has 6 heteroatoms. The molecule has 0 radical (unpaired) electrons. The molecular weight excluding hydrogens is 444 g/mol. The monoisotopic (exact) mass is 478 g/mol. The number of nitrogens with one attached hydrogen (secondary N) is 1. The summed E-state index contributed by atoms with van der Waals surface area (Å²) >= 11 is 0. The van der Waals surface area contributed by atoms with Gasteiger partial charge in [0.05, 0.1) is 6.54 Å². The Morgan fingerprint density at radius 1 is 1.00 bits per heavy atom. The van der Waals surface area contributed by atoms with Gasteiger partial charge in [-0.2, -0.15) is 0 Å². The van der Waals surface area contributed by atoms with E-state index in [1.165, 1.54) is 22.3 Å². The largest absolute Gasteiger partial charge is 0.388 e. The first-order chi connectivity index (χ1) is 17.2. The molecule has 0 saturated carbocycles. The predicted molar refractivity (Wildman–Crippen MR) is 149 cm³/mol. The number of aromatic nitrogens is 4. The zero-order chi connectivity index (χ0) is 25.6. The molecule has 0 aliphatic carbocycles. The lowest BCUT2D eigenvalue weighted by Crippen LogP contribution is -2.15. The molecule has 4 aromatic rings. The van der Waals surface area contributed by atoms with E-state index in [1.807, 2.05) is 29.8 Å². The van der Waals surface area contributed by atoms with Crippen LogP contribution in [0.5, 0.6) is 0 Å². The molecule has 1 N–H and O–H groups in total. The molecule has 3 heterocycles. The van der Waals surface area contributed by atoms with Gasteiger partial charge in [-0.15, -0.1) is 10.2 Å². The Bertz CT molecular complexity index is 1440. The van der Waals surface area contributed by atoms with Crippen molar-refractivity contribution in [2.75, 3.05) is 17.3 Å². The quantitative estimate of drug-likeness (QED) is 0.337. The summed E-state index contributed by atoms with van der Waals surface area (Å²) < 4.78 is 2.04. The third kappa shape index (κ3) is 4.17. The molecule has 1 aliphatic heterocycles. The third-order valence-corrected chi connectivity index (χ3v) is 6.87. The molecule has 184 valence electrons. The Morgan fingerprint density at radius 3 is 2.47 bits per heavy atom. The summed E-state index contributed by atoms with van der Waals surface area (Å²) in [5, 5.41) is 11.8. The fourth-order valence-electron chi connectivity index (χ4n) is 4.88. The van der Waals surface area contributed by atoms with Gasteiger partial charge in [0.2, 0.25) is 0 Å². The first-order valence-electron chi connectivity index (χ1n) is 12.5. The minimum Gasteiger partial charge on any atom is -0.388 e. The van der Waals surface area contributed by atoms with Crippen LogP contribution in [0.4, 0.5) is 11.5 Å². The van der Waals surface area contributed by atoms with Crippen LogP contribution in [0.1, 0.15) is 57.4 Å². The van der Waals surface area contributed by atoms with Crippen molar-refractivity contribution in [3.63, 3.8) is 0 Å². The normalized spacial score (nSPS) is 13.4. The molecule has 0 bridgehead atoms. The van der Waals surface area contributed by atoms with Gasteiger partial charge in [0, 0.05) is 30.0 Å². The number of rotatable bonds is 5. The molecule has 0 saturated heterocycles. The summed E-state index contributed by atoms with van der Waals surface area (Å²) in [4.78, 5) is 7.12. The maximum Gasteiger partial charge on any atom is 0.182 e. The number of pyridine rings is 1. The number of anilines is 2. The highest BCUT2D eigenvalue weighted by molar-refractivity contribution is 5.85.